The number of hydrogen-bond acceptors (Lipinski definition) is 5. The second-order valence-corrected chi connectivity index (χ2v) is 7.72. The van der Waals surface area contributed by atoms with Crippen molar-refractivity contribution in [3.63, 3.8) is 0 Å². The van der Waals surface area contributed by atoms with Gasteiger partial charge in [-0.05, 0) is 39.3 Å². The average molecular weight is 384 g/mol. The van der Waals surface area contributed by atoms with Crippen molar-refractivity contribution >= 4 is 12.0 Å². The van der Waals surface area contributed by atoms with Gasteiger partial charge in [-0.3, -0.25) is 9.80 Å². The number of alkyl halides is 3. The number of carbonyl (C=O) groups excluding carboxylic acids is 1. The number of halogens is 3. The minimum Gasteiger partial charge on any atom is -0.369 e. The molecule has 2 fully saturated rings. The fourth-order valence-corrected chi connectivity index (χ4v) is 4.39. The summed E-state index contributed by atoms with van der Waals surface area (Å²) in [6.45, 7) is 9.58. The van der Waals surface area contributed by atoms with Crippen LogP contribution >= 0.6 is 0 Å². The van der Waals surface area contributed by atoms with Crippen molar-refractivity contribution in [2.45, 2.75) is 57.5 Å². The molecule has 0 spiro atoms. The number of piperazine rings is 1. The number of nitrogens with zero attached hydrogens (tertiary/aromatic N) is 4. The monoisotopic (exact) mass is 384 g/mol. The molecule has 1 aromatic rings. The number of aldehydes is 1. The quantitative estimate of drug-likeness (QED) is 0.747. The predicted octanol–water partition coefficient (Wildman–Crippen LogP) is 2.66. The van der Waals surface area contributed by atoms with Gasteiger partial charge in [0.05, 0.1) is 17.9 Å². The van der Waals surface area contributed by atoms with E-state index >= 15 is 0 Å². The Labute approximate surface area is 158 Å². The molecule has 1 aromatic heterocycles. The number of pyridine rings is 1. The van der Waals surface area contributed by atoms with Crippen LogP contribution < -0.4 is 4.90 Å². The lowest BCUT2D eigenvalue weighted by molar-refractivity contribution is -0.141. The lowest BCUT2D eigenvalue weighted by Gasteiger charge is -2.48. The summed E-state index contributed by atoms with van der Waals surface area (Å²) in [6, 6.07) is 3.12. The molecule has 27 heavy (non-hydrogen) atoms. The van der Waals surface area contributed by atoms with Crippen LogP contribution in [0, 0.1) is 0 Å². The molecule has 2 aliphatic heterocycles. The highest BCUT2D eigenvalue weighted by Gasteiger charge is 2.40. The highest BCUT2D eigenvalue weighted by atomic mass is 19.4. The smallest absolute Gasteiger partial charge is 0.369 e. The van der Waals surface area contributed by atoms with Gasteiger partial charge < -0.3 is 9.69 Å². The van der Waals surface area contributed by atoms with E-state index in [-0.39, 0.29) is 18.1 Å². The average Bonchev–Trinajstić information content (AvgIpc) is 3.10. The standard InChI is InChI=1S/C19H27F3N4O/c1-13(2)25-8-9-26(17(12-27)14(25)3)16-6-7-24(11-16)15-4-5-18(23-10-15)19(20,21)22/h4-5,10,12-14,16-17H,6-9,11H2,1-3H3/t14-,16-,17?/m0/s1. The van der Waals surface area contributed by atoms with Crippen molar-refractivity contribution < 1.29 is 18.0 Å². The molecule has 0 saturated carbocycles. The molecule has 0 amide bonds. The van der Waals surface area contributed by atoms with E-state index in [0.717, 1.165) is 38.4 Å². The van der Waals surface area contributed by atoms with Gasteiger partial charge in [-0.1, -0.05) is 0 Å². The minimum absolute atomic E-state index is 0.151. The highest BCUT2D eigenvalue weighted by molar-refractivity contribution is 5.59. The first-order chi connectivity index (χ1) is 12.7. The zero-order chi connectivity index (χ0) is 19.8. The van der Waals surface area contributed by atoms with Gasteiger partial charge in [0.15, 0.2) is 0 Å². The van der Waals surface area contributed by atoms with Gasteiger partial charge in [-0.2, -0.15) is 13.2 Å². The molecule has 150 valence electrons. The molecule has 0 bridgehead atoms. The van der Waals surface area contributed by atoms with Crippen LogP contribution in [0.15, 0.2) is 18.3 Å². The molecule has 3 heterocycles. The predicted molar refractivity (Wildman–Crippen MR) is 97.7 cm³/mol. The van der Waals surface area contributed by atoms with Crippen LogP contribution in [-0.2, 0) is 11.0 Å². The fraction of sp³-hybridized carbons (Fsp3) is 0.684. The summed E-state index contributed by atoms with van der Waals surface area (Å²) >= 11 is 0. The van der Waals surface area contributed by atoms with Crippen LogP contribution in [0.4, 0.5) is 18.9 Å². The molecule has 0 N–H and O–H groups in total. The molecule has 2 saturated heterocycles. The Bertz CT molecular complexity index is 649. The van der Waals surface area contributed by atoms with Gasteiger partial charge in [-0.15, -0.1) is 0 Å². The van der Waals surface area contributed by atoms with Crippen molar-refractivity contribution in [1.29, 1.82) is 0 Å². The summed E-state index contributed by atoms with van der Waals surface area (Å²) in [5.41, 5.74) is -0.177. The Morgan fingerprint density at radius 2 is 1.96 bits per heavy atom. The van der Waals surface area contributed by atoms with Crippen LogP contribution in [-0.4, -0.2) is 71.4 Å². The Kier molecular flexibility index (Phi) is 5.76. The van der Waals surface area contributed by atoms with Gasteiger partial charge in [0.1, 0.15) is 12.0 Å². The van der Waals surface area contributed by atoms with Crippen molar-refractivity contribution in [2.24, 2.45) is 0 Å². The summed E-state index contributed by atoms with van der Waals surface area (Å²) in [4.78, 5) is 22.0. The minimum atomic E-state index is -4.42. The maximum absolute atomic E-state index is 12.7. The molecule has 5 nitrogen and oxygen atoms in total. The summed E-state index contributed by atoms with van der Waals surface area (Å²) < 4.78 is 38.1. The van der Waals surface area contributed by atoms with Crippen LogP contribution in [0.2, 0.25) is 0 Å². The molecular formula is C19H27F3N4O. The van der Waals surface area contributed by atoms with E-state index < -0.39 is 11.9 Å². The van der Waals surface area contributed by atoms with Crippen LogP contribution in [0.3, 0.4) is 0 Å². The summed E-state index contributed by atoms with van der Waals surface area (Å²) in [5, 5.41) is 0. The highest BCUT2D eigenvalue weighted by Crippen LogP contribution is 2.31. The van der Waals surface area contributed by atoms with Crippen molar-refractivity contribution in [3.05, 3.63) is 24.0 Å². The Morgan fingerprint density at radius 3 is 2.52 bits per heavy atom. The van der Waals surface area contributed by atoms with E-state index in [9.17, 15) is 18.0 Å². The molecule has 3 atom stereocenters. The van der Waals surface area contributed by atoms with Crippen LogP contribution in [0.25, 0.3) is 0 Å². The zero-order valence-corrected chi connectivity index (χ0v) is 16.0. The zero-order valence-electron chi connectivity index (χ0n) is 16.0. The second-order valence-electron chi connectivity index (χ2n) is 7.72. The lowest BCUT2D eigenvalue weighted by Crippen LogP contribution is -2.63. The number of hydrogen-bond donors (Lipinski definition) is 0. The lowest BCUT2D eigenvalue weighted by atomic mass is 9.99. The van der Waals surface area contributed by atoms with Crippen LogP contribution in [0.5, 0.6) is 0 Å². The van der Waals surface area contributed by atoms with E-state index in [1.54, 1.807) is 0 Å². The van der Waals surface area contributed by atoms with Crippen molar-refractivity contribution in [1.82, 2.24) is 14.8 Å². The van der Waals surface area contributed by atoms with E-state index in [4.69, 9.17) is 0 Å². The molecule has 2 aliphatic rings. The van der Waals surface area contributed by atoms with Gasteiger partial charge in [0, 0.05) is 44.3 Å². The van der Waals surface area contributed by atoms with Gasteiger partial charge in [0.25, 0.3) is 0 Å². The Morgan fingerprint density at radius 1 is 1.22 bits per heavy atom. The third-order valence-electron chi connectivity index (χ3n) is 5.86. The SMILES string of the molecule is CC(C)N1CCN([C@H]2CCN(c3ccc(C(F)(F)F)nc3)C2)C(C=O)[C@@H]1C. The van der Waals surface area contributed by atoms with Crippen molar-refractivity contribution in [3.8, 4) is 0 Å². The first kappa shape index (κ1) is 20.1. The molecule has 8 heteroatoms. The maximum Gasteiger partial charge on any atom is 0.433 e. The van der Waals surface area contributed by atoms with Crippen molar-refractivity contribution in [2.75, 3.05) is 31.1 Å². The second kappa shape index (κ2) is 7.75. The topological polar surface area (TPSA) is 39.7 Å². The molecule has 0 aromatic carbocycles. The number of aromatic nitrogens is 1. The van der Waals surface area contributed by atoms with E-state index in [1.165, 1.54) is 12.3 Å². The summed E-state index contributed by atoms with van der Waals surface area (Å²) in [6.07, 6.45) is -1.20. The first-order valence-electron chi connectivity index (χ1n) is 9.47. The summed E-state index contributed by atoms with van der Waals surface area (Å²) in [7, 11) is 0. The van der Waals surface area contributed by atoms with Gasteiger partial charge >= 0.3 is 6.18 Å². The van der Waals surface area contributed by atoms with Crippen LogP contribution in [0.1, 0.15) is 32.9 Å². The largest absolute Gasteiger partial charge is 0.433 e. The normalized spacial score (nSPS) is 28.1. The molecule has 0 aliphatic carbocycles. The molecule has 0 radical (unpaired) electrons. The van der Waals surface area contributed by atoms with Gasteiger partial charge in [0.2, 0.25) is 0 Å². The number of carbonyl (C=O) groups is 1. The Hall–Kier alpha value is -1.67. The van der Waals surface area contributed by atoms with Gasteiger partial charge in [-0.25, -0.2) is 4.98 Å². The van der Waals surface area contributed by atoms with E-state index in [0.29, 0.717) is 18.3 Å². The third-order valence-corrected chi connectivity index (χ3v) is 5.86. The number of anilines is 1. The fourth-order valence-electron chi connectivity index (χ4n) is 4.39. The molecule has 3 rings (SSSR count). The summed E-state index contributed by atoms with van der Waals surface area (Å²) in [5.74, 6) is 0. The number of rotatable bonds is 4. The third kappa shape index (κ3) is 4.11. The Balaban J connectivity index is 1.67. The van der Waals surface area contributed by atoms with E-state index in [2.05, 4.69) is 40.5 Å². The molecule has 1 unspecified atom stereocenters. The molecular weight excluding hydrogens is 357 g/mol. The first-order valence-corrected chi connectivity index (χ1v) is 9.47. The maximum atomic E-state index is 12.7. The van der Waals surface area contributed by atoms with E-state index in [1.807, 2.05) is 0 Å².